The highest BCUT2D eigenvalue weighted by molar-refractivity contribution is 7.06. The van der Waals surface area contributed by atoms with Crippen molar-refractivity contribution in [1.29, 1.82) is 0 Å². The number of nitrogens with zero attached hydrogens (tertiary/aromatic N) is 1. The van der Waals surface area contributed by atoms with Gasteiger partial charge in [-0.3, -0.25) is 0 Å². The zero-order valence-electron chi connectivity index (χ0n) is 16.8. The lowest BCUT2D eigenvalue weighted by molar-refractivity contribution is -0.154. The molecule has 5 nitrogen and oxygen atoms in total. The summed E-state index contributed by atoms with van der Waals surface area (Å²) in [7, 11) is 0. The van der Waals surface area contributed by atoms with Crippen LogP contribution in [0.3, 0.4) is 0 Å². The molecule has 1 unspecified atom stereocenters. The second-order valence-corrected chi connectivity index (χ2v) is 7.89. The molecule has 1 atom stereocenters. The highest BCUT2D eigenvalue weighted by atomic mass is 32.1. The molecular weight excluding hydrogens is 431 g/mol. The van der Waals surface area contributed by atoms with Crippen molar-refractivity contribution < 1.29 is 32.5 Å². The Morgan fingerprint density at radius 3 is 2.23 bits per heavy atom. The molecule has 3 rings (SSSR count). The van der Waals surface area contributed by atoms with Crippen LogP contribution < -0.4 is 9.47 Å². The van der Waals surface area contributed by atoms with Gasteiger partial charge in [0, 0.05) is 5.56 Å². The smallest absolute Gasteiger partial charge is 0.416 e. The average Bonchev–Trinajstić information content (AvgIpc) is 3.21. The van der Waals surface area contributed by atoms with Crippen molar-refractivity contribution >= 4 is 17.5 Å². The van der Waals surface area contributed by atoms with E-state index < -0.39 is 23.3 Å². The van der Waals surface area contributed by atoms with Crippen LogP contribution in [-0.2, 0) is 17.6 Å². The van der Waals surface area contributed by atoms with Crippen LogP contribution in [0.1, 0.15) is 30.7 Å². The molecule has 0 aliphatic rings. The Bertz CT molecular complexity index is 1030. The predicted molar refractivity (Wildman–Crippen MR) is 110 cm³/mol. The van der Waals surface area contributed by atoms with Crippen LogP contribution in [0.2, 0.25) is 0 Å². The second kappa shape index (κ2) is 8.97. The van der Waals surface area contributed by atoms with Crippen LogP contribution in [0.5, 0.6) is 11.5 Å². The van der Waals surface area contributed by atoms with E-state index in [1.165, 1.54) is 30.6 Å². The Hall–Kier alpha value is -3.07. The first-order valence-electron chi connectivity index (χ1n) is 9.39. The highest BCUT2D eigenvalue weighted by Crippen LogP contribution is 2.31. The normalized spacial score (nSPS) is 13.5. The molecule has 0 radical (unpaired) electrons. The van der Waals surface area contributed by atoms with Gasteiger partial charge in [-0.2, -0.15) is 17.5 Å². The molecule has 0 saturated heterocycles. The maximum atomic E-state index is 12.7. The van der Waals surface area contributed by atoms with Gasteiger partial charge in [-0.05, 0) is 67.3 Å². The van der Waals surface area contributed by atoms with E-state index in [-0.39, 0.29) is 6.61 Å². The van der Waals surface area contributed by atoms with Gasteiger partial charge >= 0.3 is 12.1 Å². The fraction of sp³-hybridized carbons (Fsp3) is 0.273. The Balaban J connectivity index is 1.60. The third kappa shape index (κ3) is 5.55. The van der Waals surface area contributed by atoms with Crippen LogP contribution in [-0.4, -0.2) is 21.1 Å². The van der Waals surface area contributed by atoms with E-state index in [1.807, 2.05) is 0 Å². The van der Waals surface area contributed by atoms with E-state index in [0.717, 1.165) is 17.0 Å². The van der Waals surface area contributed by atoms with Gasteiger partial charge in [0.05, 0.1) is 16.1 Å². The monoisotopic (exact) mass is 451 g/mol. The lowest BCUT2D eigenvalue weighted by Crippen LogP contribution is -2.40. The molecule has 0 amide bonds. The summed E-state index contributed by atoms with van der Waals surface area (Å²) in [6, 6.07) is 13.2. The van der Waals surface area contributed by atoms with Crippen molar-refractivity contribution in [2.24, 2.45) is 0 Å². The maximum absolute atomic E-state index is 12.7. The number of carboxylic acid groups (broad SMARTS) is 1. The highest BCUT2D eigenvalue weighted by Gasteiger charge is 2.33. The molecule has 0 bridgehead atoms. The summed E-state index contributed by atoms with van der Waals surface area (Å²) in [6.45, 7) is 3.48. The third-order valence-electron chi connectivity index (χ3n) is 4.74. The predicted octanol–water partition coefficient (Wildman–Crippen LogP) is 6.04. The van der Waals surface area contributed by atoms with E-state index in [0.29, 0.717) is 29.2 Å². The molecule has 164 valence electrons. The minimum absolute atomic E-state index is 0.236. The van der Waals surface area contributed by atoms with Crippen LogP contribution in [0.4, 0.5) is 13.2 Å². The van der Waals surface area contributed by atoms with Crippen molar-refractivity contribution in [3.8, 4) is 22.8 Å². The van der Waals surface area contributed by atoms with Gasteiger partial charge in [0.15, 0.2) is 0 Å². The molecule has 31 heavy (non-hydrogen) atoms. The molecule has 1 aromatic heterocycles. The quantitative estimate of drug-likeness (QED) is 0.452. The fourth-order valence-electron chi connectivity index (χ4n) is 2.63. The number of carbonyl (C=O) groups is 1. The van der Waals surface area contributed by atoms with Crippen molar-refractivity contribution in [1.82, 2.24) is 4.37 Å². The van der Waals surface area contributed by atoms with E-state index in [9.17, 15) is 23.1 Å². The van der Waals surface area contributed by atoms with Crippen LogP contribution in [0.25, 0.3) is 11.3 Å². The maximum Gasteiger partial charge on any atom is 0.416 e. The van der Waals surface area contributed by atoms with Gasteiger partial charge < -0.3 is 14.6 Å². The Morgan fingerprint density at radius 2 is 1.68 bits per heavy atom. The molecule has 0 saturated carbocycles. The summed E-state index contributed by atoms with van der Waals surface area (Å²) in [5.74, 6) is -0.0591. The summed E-state index contributed by atoms with van der Waals surface area (Å²) in [4.78, 5) is 12.1. The van der Waals surface area contributed by atoms with Gasteiger partial charge in [-0.1, -0.05) is 19.1 Å². The van der Waals surface area contributed by atoms with Crippen molar-refractivity contribution in [3.63, 3.8) is 0 Å². The number of rotatable bonds is 8. The second-order valence-electron chi connectivity index (χ2n) is 7.01. The first-order chi connectivity index (χ1) is 14.6. The van der Waals surface area contributed by atoms with E-state index in [4.69, 9.17) is 9.47 Å². The van der Waals surface area contributed by atoms with Crippen molar-refractivity contribution in [2.75, 3.05) is 0 Å². The average molecular weight is 451 g/mol. The topological polar surface area (TPSA) is 68.7 Å². The standard InChI is InChI=1S/C22H20F3NO4S/c1-3-21(2,20(27)28)30-17-10-8-16(9-11-17)29-13-18-12-19(26-31-18)14-4-6-15(7-5-14)22(23,24)25/h4-12H,3,13H2,1-2H3,(H,27,28). The number of hydrogen-bond acceptors (Lipinski definition) is 5. The number of halogens is 3. The van der Waals surface area contributed by atoms with Gasteiger partial charge in [0.25, 0.3) is 0 Å². The summed E-state index contributed by atoms with van der Waals surface area (Å²) in [5, 5.41) is 9.29. The van der Waals surface area contributed by atoms with Crippen LogP contribution in [0.15, 0.2) is 54.6 Å². The lowest BCUT2D eigenvalue weighted by Gasteiger charge is -2.24. The molecular formula is C22H20F3NO4S. The number of carboxylic acids is 1. The summed E-state index contributed by atoms with van der Waals surface area (Å²) in [5.41, 5.74) is -0.840. The lowest BCUT2D eigenvalue weighted by atomic mass is 10.0. The van der Waals surface area contributed by atoms with E-state index >= 15 is 0 Å². The van der Waals surface area contributed by atoms with Gasteiger partial charge in [-0.15, -0.1) is 0 Å². The Kier molecular flexibility index (Phi) is 6.54. The number of ether oxygens (including phenoxy) is 2. The number of alkyl halides is 3. The minimum atomic E-state index is -4.37. The van der Waals surface area contributed by atoms with Gasteiger partial charge in [0.2, 0.25) is 5.60 Å². The van der Waals surface area contributed by atoms with Crippen molar-refractivity contribution in [3.05, 3.63) is 65.0 Å². The molecule has 0 spiro atoms. The number of benzene rings is 2. The summed E-state index contributed by atoms with van der Waals surface area (Å²) in [6.07, 6.45) is -4.06. The first kappa shape index (κ1) is 22.6. The summed E-state index contributed by atoms with van der Waals surface area (Å²) < 4.78 is 53.6. The largest absolute Gasteiger partial charge is 0.488 e. The molecule has 1 N–H and O–H groups in total. The van der Waals surface area contributed by atoms with Gasteiger partial charge in [0.1, 0.15) is 18.1 Å². The zero-order chi connectivity index (χ0) is 22.6. The molecule has 0 fully saturated rings. The van der Waals surface area contributed by atoms with E-state index in [1.54, 1.807) is 37.3 Å². The van der Waals surface area contributed by atoms with E-state index in [2.05, 4.69) is 4.37 Å². The van der Waals surface area contributed by atoms with Crippen molar-refractivity contribution in [2.45, 2.75) is 38.7 Å². The first-order valence-corrected chi connectivity index (χ1v) is 10.2. The Morgan fingerprint density at radius 1 is 1.06 bits per heavy atom. The molecule has 2 aromatic carbocycles. The minimum Gasteiger partial charge on any atom is -0.488 e. The molecule has 0 aliphatic carbocycles. The third-order valence-corrected chi connectivity index (χ3v) is 5.50. The number of aliphatic carboxylic acids is 1. The van der Waals surface area contributed by atoms with Crippen LogP contribution in [0, 0.1) is 0 Å². The van der Waals surface area contributed by atoms with Gasteiger partial charge in [-0.25, -0.2) is 4.79 Å². The molecule has 9 heteroatoms. The zero-order valence-corrected chi connectivity index (χ0v) is 17.6. The molecule has 0 aliphatic heterocycles. The number of hydrogen-bond donors (Lipinski definition) is 1. The Labute approximate surface area is 181 Å². The SMILES string of the molecule is CCC(C)(Oc1ccc(OCc2cc(-c3ccc(C(F)(F)F)cc3)ns2)cc1)C(=O)O. The fourth-order valence-corrected chi connectivity index (χ4v) is 3.28. The number of aromatic nitrogens is 1. The molecule has 3 aromatic rings. The molecule has 1 heterocycles. The summed E-state index contributed by atoms with van der Waals surface area (Å²) >= 11 is 1.20. The van der Waals surface area contributed by atoms with Crippen LogP contribution >= 0.6 is 11.5 Å².